The van der Waals surface area contributed by atoms with Crippen LogP contribution in [0.4, 0.5) is 5.13 Å². The van der Waals surface area contributed by atoms with Crippen LogP contribution in [0.3, 0.4) is 0 Å². The summed E-state index contributed by atoms with van der Waals surface area (Å²) in [6.45, 7) is 3.27. The molecular formula is C16H19ClN4O4S2. The molecule has 1 saturated heterocycles. The summed E-state index contributed by atoms with van der Waals surface area (Å²) in [4.78, 5) is 12.6. The fourth-order valence-electron chi connectivity index (χ4n) is 2.56. The van der Waals surface area contributed by atoms with Gasteiger partial charge in [-0.15, -0.1) is 10.2 Å². The van der Waals surface area contributed by atoms with Crippen LogP contribution >= 0.6 is 22.9 Å². The second-order valence-corrected chi connectivity index (χ2v) is 9.27. The molecular weight excluding hydrogens is 412 g/mol. The van der Waals surface area contributed by atoms with E-state index in [1.807, 2.05) is 6.92 Å². The molecule has 1 amide bonds. The molecule has 1 N–H and O–H groups in total. The summed E-state index contributed by atoms with van der Waals surface area (Å²) >= 11 is 7.41. The van der Waals surface area contributed by atoms with Gasteiger partial charge in [0.15, 0.2) is 0 Å². The Kier molecular flexibility index (Phi) is 6.43. The SMILES string of the molecule is CCCc1nnc(NC(=O)c2cc(S(=O)(=O)N3CCOCC3)ccc2Cl)s1. The van der Waals surface area contributed by atoms with Crippen molar-refractivity contribution < 1.29 is 17.9 Å². The van der Waals surface area contributed by atoms with Crippen molar-refractivity contribution in [1.29, 1.82) is 0 Å². The largest absolute Gasteiger partial charge is 0.379 e. The van der Waals surface area contributed by atoms with E-state index in [0.717, 1.165) is 17.8 Å². The average Bonchev–Trinajstić information content (AvgIpc) is 3.10. The zero-order valence-electron chi connectivity index (χ0n) is 14.6. The highest BCUT2D eigenvalue weighted by molar-refractivity contribution is 7.89. The minimum Gasteiger partial charge on any atom is -0.379 e. The first-order chi connectivity index (χ1) is 12.9. The van der Waals surface area contributed by atoms with E-state index < -0.39 is 15.9 Å². The van der Waals surface area contributed by atoms with E-state index in [9.17, 15) is 13.2 Å². The highest BCUT2D eigenvalue weighted by Crippen LogP contribution is 2.25. The Hall–Kier alpha value is -1.59. The lowest BCUT2D eigenvalue weighted by Gasteiger charge is -2.26. The lowest BCUT2D eigenvalue weighted by atomic mass is 10.2. The summed E-state index contributed by atoms with van der Waals surface area (Å²) < 4.78 is 32.1. The van der Waals surface area contributed by atoms with Crippen molar-refractivity contribution in [2.75, 3.05) is 31.6 Å². The number of hydrogen-bond donors (Lipinski definition) is 1. The fourth-order valence-corrected chi connectivity index (χ4v) is 5.03. The standard InChI is InChI=1S/C16H19ClN4O4S2/c1-2-3-14-19-20-16(26-14)18-15(22)12-10-11(4-5-13(12)17)27(23,24)21-6-8-25-9-7-21/h4-5,10H,2-3,6-9H2,1H3,(H,18,20,22). The molecule has 1 aliphatic rings. The highest BCUT2D eigenvalue weighted by Gasteiger charge is 2.27. The minimum atomic E-state index is -3.72. The third-order valence-corrected chi connectivity index (χ3v) is 7.06. The van der Waals surface area contributed by atoms with Gasteiger partial charge in [-0.25, -0.2) is 8.42 Å². The van der Waals surface area contributed by atoms with Gasteiger partial charge in [0.1, 0.15) is 5.01 Å². The van der Waals surface area contributed by atoms with Crippen LogP contribution < -0.4 is 5.32 Å². The maximum absolute atomic E-state index is 12.8. The zero-order valence-corrected chi connectivity index (χ0v) is 17.0. The first-order valence-corrected chi connectivity index (χ1v) is 11.1. The monoisotopic (exact) mass is 430 g/mol. The number of anilines is 1. The maximum atomic E-state index is 12.8. The van der Waals surface area contributed by atoms with Crippen molar-refractivity contribution in [1.82, 2.24) is 14.5 Å². The van der Waals surface area contributed by atoms with Crippen LogP contribution in [-0.4, -0.2) is 55.1 Å². The van der Waals surface area contributed by atoms with E-state index in [2.05, 4.69) is 15.5 Å². The second kappa shape index (κ2) is 8.61. The predicted molar refractivity (Wildman–Crippen MR) is 103 cm³/mol. The molecule has 1 aromatic carbocycles. The van der Waals surface area contributed by atoms with Crippen LogP contribution in [0.25, 0.3) is 0 Å². The Morgan fingerprint density at radius 1 is 1.33 bits per heavy atom. The van der Waals surface area contributed by atoms with Crippen molar-refractivity contribution in [2.45, 2.75) is 24.7 Å². The number of amides is 1. The molecule has 0 unspecified atom stereocenters. The Labute approximate surface area is 166 Å². The molecule has 1 aliphatic heterocycles. The van der Waals surface area contributed by atoms with Crippen LogP contribution in [0, 0.1) is 0 Å². The first-order valence-electron chi connectivity index (χ1n) is 8.43. The number of aromatic nitrogens is 2. The number of aryl methyl sites for hydroxylation is 1. The topological polar surface area (TPSA) is 101 Å². The molecule has 0 atom stereocenters. The summed E-state index contributed by atoms with van der Waals surface area (Å²) in [5, 5.41) is 11.9. The lowest BCUT2D eigenvalue weighted by molar-refractivity contribution is 0.0730. The molecule has 8 nitrogen and oxygen atoms in total. The fraction of sp³-hybridized carbons (Fsp3) is 0.438. The van der Waals surface area contributed by atoms with Crippen LogP contribution in [0.2, 0.25) is 5.02 Å². The van der Waals surface area contributed by atoms with Crippen molar-refractivity contribution in [3.8, 4) is 0 Å². The number of sulfonamides is 1. The number of nitrogens with zero attached hydrogens (tertiary/aromatic N) is 3. The number of carbonyl (C=O) groups is 1. The van der Waals surface area contributed by atoms with Gasteiger partial charge in [-0.1, -0.05) is 29.9 Å². The predicted octanol–water partition coefficient (Wildman–Crippen LogP) is 2.42. The molecule has 2 heterocycles. The molecule has 146 valence electrons. The quantitative estimate of drug-likeness (QED) is 0.755. The van der Waals surface area contributed by atoms with E-state index in [1.165, 1.54) is 33.8 Å². The van der Waals surface area contributed by atoms with E-state index in [1.54, 1.807) is 0 Å². The second-order valence-electron chi connectivity index (χ2n) is 5.86. The van der Waals surface area contributed by atoms with Gasteiger partial charge in [0.25, 0.3) is 5.91 Å². The number of carbonyl (C=O) groups excluding carboxylic acids is 1. The van der Waals surface area contributed by atoms with Gasteiger partial charge in [-0.2, -0.15) is 4.31 Å². The summed E-state index contributed by atoms with van der Waals surface area (Å²) in [5.41, 5.74) is 0.0678. The molecule has 1 fully saturated rings. The third-order valence-electron chi connectivity index (χ3n) is 3.94. The van der Waals surface area contributed by atoms with E-state index in [4.69, 9.17) is 16.3 Å². The molecule has 11 heteroatoms. The van der Waals surface area contributed by atoms with Crippen molar-refractivity contribution >= 4 is 44.0 Å². The smallest absolute Gasteiger partial charge is 0.259 e. The Morgan fingerprint density at radius 3 is 2.78 bits per heavy atom. The zero-order chi connectivity index (χ0) is 19.4. The van der Waals surface area contributed by atoms with Crippen LogP contribution in [0.15, 0.2) is 23.1 Å². The molecule has 0 bridgehead atoms. The van der Waals surface area contributed by atoms with Gasteiger partial charge in [0.2, 0.25) is 15.2 Å². The van der Waals surface area contributed by atoms with Gasteiger partial charge in [0.05, 0.1) is 28.7 Å². The Balaban J connectivity index is 1.82. The molecule has 3 rings (SSSR count). The number of hydrogen-bond acceptors (Lipinski definition) is 7. The van der Waals surface area contributed by atoms with Gasteiger partial charge in [-0.3, -0.25) is 10.1 Å². The van der Waals surface area contributed by atoms with Gasteiger partial charge in [-0.05, 0) is 24.6 Å². The molecule has 0 spiro atoms. The molecule has 0 saturated carbocycles. The number of nitrogens with one attached hydrogen (secondary N) is 1. The number of halogens is 1. The van der Waals surface area contributed by atoms with Crippen molar-refractivity contribution in [3.63, 3.8) is 0 Å². The van der Waals surface area contributed by atoms with Gasteiger partial charge >= 0.3 is 0 Å². The highest BCUT2D eigenvalue weighted by atomic mass is 35.5. The molecule has 1 aromatic heterocycles. The summed E-state index contributed by atoms with van der Waals surface area (Å²) in [5.74, 6) is -0.529. The average molecular weight is 431 g/mol. The van der Waals surface area contributed by atoms with Crippen LogP contribution in [0.5, 0.6) is 0 Å². The summed E-state index contributed by atoms with van der Waals surface area (Å²) in [7, 11) is -3.72. The number of morpholine rings is 1. The van der Waals surface area contributed by atoms with E-state index in [0.29, 0.717) is 18.3 Å². The van der Waals surface area contributed by atoms with E-state index >= 15 is 0 Å². The summed E-state index contributed by atoms with van der Waals surface area (Å²) in [6.07, 6.45) is 1.71. The summed E-state index contributed by atoms with van der Waals surface area (Å²) in [6, 6.07) is 4.09. The third kappa shape index (κ3) is 4.64. The van der Waals surface area contributed by atoms with Gasteiger partial charge < -0.3 is 4.74 Å². The molecule has 27 heavy (non-hydrogen) atoms. The van der Waals surface area contributed by atoms with Crippen LogP contribution in [0.1, 0.15) is 28.7 Å². The van der Waals surface area contributed by atoms with Crippen molar-refractivity contribution in [2.24, 2.45) is 0 Å². The van der Waals surface area contributed by atoms with E-state index in [-0.39, 0.29) is 28.6 Å². The minimum absolute atomic E-state index is 0.0166. The Bertz CT molecular complexity index is 926. The number of benzene rings is 1. The molecule has 2 aromatic rings. The molecule has 0 aliphatic carbocycles. The number of ether oxygens (including phenoxy) is 1. The van der Waals surface area contributed by atoms with Crippen molar-refractivity contribution in [3.05, 3.63) is 33.8 Å². The lowest BCUT2D eigenvalue weighted by Crippen LogP contribution is -2.40. The maximum Gasteiger partial charge on any atom is 0.259 e. The first kappa shape index (κ1) is 20.2. The normalized spacial score (nSPS) is 15.6. The van der Waals surface area contributed by atoms with Crippen LogP contribution in [-0.2, 0) is 21.2 Å². The van der Waals surface area contributed by atoms with Gasteiger partial charge in [0, 0.05) is 19.5 Å². The number of rotatable bonds is 6. The molecule has 0 radical (unpaired) electrons. The Morgan fingerprint density at radius 2 is 2.07 bits per heavy atom.